The zero-order chi connectivity index (χ0) is 16.9. The lowest BCUT2D eigenvalue weighted by Crippen LogP contribution is -2.40. The number of nitrogens with zero attached hydrogens (tertiary/aromatic N) is 1. The largest absolute Gasteiger partial charge is 0.484 e. The highest BCUT2D eigenvalue weighted by Gasteiger charge is 2.22. The number of hydrogen-bond donors (Lipinski definition) is 0. The maximum absolute atomic E-state index is 12.2. The molecular formula is C19H20ClNO3. The van der Waals surface area contributed by atoms with Gasteiger partial charge in [0.2, 0.25) is 0 Å². The third kappa shape index (κ3) is 4.28. The van der Waals surface area contributed by atoms with Crippen molar-refractivity contribution in [1.29, 1.82) is 0 Å². The Morgan fingerprint density at radius 2 is 1.92 bits per heavy atom. The van der Waals surface area contributed by atoms with E-state index in [2.05, 4.69) is 12.1 Å². The molecule has 0 radical (unpaired) electrons. The molecule has 0 saturated heterocycles. The molecule has 2 aromatic rings. The van der Waals surface area contributed by atoms with Crippen molar-refractivity contribution in [3.63, 3.8) is 0 Å². The molecule has 1 atom stereocenters. The number of hydrogen-bond acceptors (Lipinski definition) is 3. The summed E-state index contributed by atoms with van der Waals surface area (Å²) in [5.74, 6) is 0.552. The summed E-state index contributed by atoms with van der Waals surface area (Å²) in [6.45, 7) is 1.16. The molecule has 0 aromatic heterocycles. The van der Waals surface area contributed by atoms with Crippen LogP contribution in [0.5, 0.6) is 5.75 Å². The molecule has 0 aliphatic carbocycles. The minimum Gasteiger partial charge on any atom is -0.484 e. The van der Waals surface area contributed by atoms with Gasteiger partial charge in [-0.15, -0.1) is 0 Å². The fourth-order valence-electron chi connectivity index (χ4n) is 2.72. The van der Waals surface area contributed by atoms with E-state index in [1.807, 2.05) is 12.1 Å². The van der Waals surface area contributed by atoms with Crippen LogP contribution >= 0.6 is 11.6 Å². The zero-order valence-electron chi connectivity index (χ0n) is 13.6. The Bertz CT molecular complexity index is 702. The molecule has 1 amide bonds. The molecule has 0 bridgehead atoms. The third-order valence-electron chi connectivity index (χ3n) is 4.12. The molecular weight excluding hydrogens is 326 g/mol. The van der Waals surface area contributed by atoms with Crippen LogP contribution in [0, 0.1) is 0 Å². The van der Waals surface area contributed by atoms with Crippen LogP contribution in [-0.4, -0.2) is 37.1 Å². The summed E-state index contributed by atoms with van der Waals surface area (Å²) in [6.07, 6.45) is 0.843. The predicted molar refractivity (Wildman–Crippen MR) is 93.3 cm³/mol. The number of halogens is 1. The van der Waals surface area contributed by atoms with Crippen LogP contribution in [0.4, 0.5) is 0 Å². The first-order valence-electron chi connectivity index (χ1n) is 7.92. The van der Waals surface area contributed by atoms with Crippen molar-refractivity contribution >= 4 is 17.5 Å². The third-order valence-corrected chi connectivity index (χ3v) is 4.37. The van der Waals surface area contributed by atoms with Gasteiger partial charge >= 0.3 is 0 Å². The fourth-order valence-corrected chi connectivity index (χ4v) is 2.85. The van der Waals surface area contributed by atoms with Gasteiger partial charge in [0.1, 0.15) is 5.75 Å². The SMILES string of the molecule is CN(CC1Cc2ccccc2CO1)C(=O)COc1ccc(Cl)cc1. The fraction of sp³-hybridized carbons (Fsp3) is 0.316. The van der Waals surface area contributed by atoms with E-state index in [-0.39, 0.29) is 18.6 Å². The minimum absolute atomic E-state index is 0.00143. The molecule has 1 heterocycles. The molecule has 24 heavy (non-hydrogen) atoms. The average molecular weight is 346 g/mol. The highest BCUT2D eigenvalue weighted by molar-refractivity contribution is 6.30. The van der Waals surface area contributed by atoms with Crippen LogP contribution in [0.3, 0.4) is 0 Å². The van der Waals surface area contributed by atoms with Crippen LogP contribution in [-0.2, 0) is 22.6 Å². The van der Waals surface area contributed by atoms with Gasteiger partial charge in [-0.3, -0.25) is 4.79 Å². The maximum Gasteiger partial charge on any atom is 0.260 e. The summed E-state index contributed by atoms with van der Waals surface area (Å²) in [4.78, 5) is 13.9. The van der Waals surface area contributed by atoms with E-state index in [9.17, 15) is 4.79 Å². The summed E-state index contributed by atoms with van der Waals surface area (Å²) < 4.78 is 11.4. The predicted octanol–water partition coefficient (Wildman–Crippen LogP) is 3.32. The summed E-state index contributed by atoms with van der Waals surface area (Å²) in [5.41, 5.74) is 2.53. The molecule has 5 heteroatoms. The molecule has 4 nitrogen and oxygen atoms in total. The van der Waals surface area contributed by atoms with Gasteiger partial charge in [-0.1, -0.05) is 35.9 Å². The first kappa shape index (κ1) is 16.8. The Morgan fingerprint density at radius 1 is 1.21 bits per heavy atom. The maximum atomic E-state index is 12.2. The lowest BCUT2D eigenvalue weighted by Gasteiger charge is -2.29. The first-order valence-corrected chi connectivity index (χ1v) is 8.30. The van der Waals surface area contributed by atoms with Gasteiger partial charge in [0.25, 0.3) is 5.91 Å². The molecule has 1 aliphatic rings. The molecule has 1 aliphatic heterocycles. The van der Waals surface area contributed by atoms with E-state index in [0.717, 1.165) is 6.42 Å². The number of carbonyl (C=O) groups excluding carboxylic acids is 1. The molecule has 0 saturated carbocycles. The van der Waals surface area contributed by atoms with Crippen LogP contribution in [0.1, 0.15) is 11.1 Å². The average Bonchev–Trinajstić information content (AvgIpc) is 2.61. The van der Waals surface area contributed by atoms with Crippen molar-refractivity contribution in [2.45, 2.75) is 19.1 Å². The molecule has 0 spiro atoms. The van der Waals surface area contributed by atoms with E-state index in [1.54, 1.807) is 36.2 Å². The number of amides is 1. The topological polar surface area (TPSA) is 38.8 Å². The van der Waals surface area contributed by atoms with Gasteiger partial charge in [-0.05, 0) is 35.4 Å². The zero-order valence-corrected chi connectivity index (χ0v) is 14.3. The normalized spacial score (nSPS) is 16.3. The number of carbonyl (C=O) groups is 1. The summed E-state index contributed by atoms with van der Waals surface area (Å²) in [6, 6.07) is 15.2. The van der Waals surface area contributed by atoms with Crippen LogP contribution in [0.15, 0.2) is 48.5 Å². The van der Waals surface area contributed by atoms with Gasteiger partial charge in [0.05, 0.1) is 12.7 Å². The van der Waals surface area contributed by atoms with Gasteiger partial charge in [-0.2, -0.15) is 0 Å². The quantitative estimate of drug-likeness (QED) is 0.834. The molecule has 2 aromatic carbocycles. The molecule has 1 unspecified atom stereocenters. The van der Waals surface area contributed by atoms with Crippen molar-refractivity contribution < 1.29 is 14.3 Å². The lowest BCUT2D eigenvalue weighted by molar-refractivity contribution is -0.134. The van der Waals surface area contributed by atoms with Crippen LogP contribution in [0.25, 0.3) is 0 Å². The Morgan fingerprint density at radius 3 is 2.67 bits per heavy atom. The lowest BCUT2D eigenvalue weighted by atomic mass is 9.99. The summed E-state index contributed by atoms with van der Waals surface area (Å²) >= 11 is 5.82. The van der Waals surface area contributed by atoms with Gasteiger partial charge < -0.3 is 14.4 Å². The van der Waals surface area contributed by atoms with Gasteiger partial charge in [-0.25, -0.2) is 0 Å². The summed E-state index contributed by atoms with van der Waals surface area (Å²) in [7, 11) is 1.78. The Kier molecular flexibility index (Phi) is 5.38. The Balaban J connectivity index is 1.49. The van der Waals surface area contributed by atoms with Crippen molar-refractivity contribution in [3.8, 4) is 5.75 Å². The second-order valence-corrected chi connectivity index (χ2v) is 6.36. The van der Waals surface area contributed by atoms with E-state index >= 15 is 0 Å². The standard InChI is InChI=1S/C19H20ClNO3/c1-21(19(22)13-24-17-8-6-16(20)7-9-17)11-18-10-14-4-2-3-5-15(14)12-23-18/h2-9,18H,10-13H2,1H3. The van der Waals surface area contributed by atoms with Gasteiger partial charge in [0, 0.05) is 25.0 Å². The van der Waals surface area contributed by atoms with Crippen molar-refractivity contribution in [2.75, 3.05) is 20.2 Å². The second kappa shape index (κ2) is 7.69. The number of benzene rings is 2. The highest BCUT2D eigenvalue weighted by atomic mass is 35.5. The van der Waals surface area contributed by atoms with E-state index in [4.69, 9.17) is 21.1 Å². The number of rotatable bonds is 5. The van der Waals surface area contributed by atoms with Gasteiger partial charge in [0.15, 0.2) is 6.61 Å². The van der Waals surface area contributed by atoms with E-state index in [1.165, 1.54) is 11.1 Å². The summed E-state index contributed by atoms with van der Waals surface area (Å²) in [5, 5.41) is 0.639. The Labute approximate surface area is 146 Å². The van der Waals surface area contributed by atoms with Crippen LogP contribution in [0.2, 0.25) is 5.02 Å². The smallest absolute Gasteiger partial charge is 0.260 e. The second-order valence-electron chi connectivity index (χ2n) is 5.92. The van der Waals surface area contributed by atoms with E-state index in [0.29, 0.717) is 23.9 Å². The molecule has 126 valence electrons. The minimum atomic E-state index is -0.0765. The molecule has 0 fully saturated rings. The van der Waals surface area contributed by atoms with Crippen molar-refractivity contribution in [2.24, 2.45) is 0 Å². The molecule has 3 rings (SSSR count). The van der Waals surface area contributed by atoms with Crippen LogP contribution < -0.4 is 4.74 Å². The van der Waals surface area contributed by atoms with Crippen molar-refractivity contribution in [1.82, 2.24) is 4.90 Å². The van der Waals surface area contributed by atoms with Crippen molar-refractivity contribution in [3.05, 3.63) is 64.7 Å². The first-order chi connectivity index (χ1) is 11.6. The monoisotopic (exact) mass is 345 g/mol. The number of ether oxygens (including phenoxy) is 2. The number of likely N-dealkylation sites (N-methyl/N-ethyl adjacent to an activating group) is 1. The number of fused-ring (bicyclic) bond motifs is 1. The van der Waals surface area contributed by atoms with E-state index < -0.39 is 0 Å². The Hall–Kier alpha value is -2.04. The molecule has 0 N–H and O–H groups in total. The highest BCUT2D eigenvalue weighted by Crippen LogP contribution is 2.21.